The van der Waals surface area contributed by atoms with Gasteiger partial charge >= 0.3 is 0 Å². The molecule has 0 aromatic heterocycles. The number of hydrogen-bond donors (Lipinski definition) is 1. The molecule has 5 nitrogen and oxygen atoms in total. The van der Waals surface area contributed by atoms with E-state index >= 15 is 0 Å². The smallest absolute Gasteiger partial charge is 0.262 e. The van der Waals surface area contributed by atoms with E-state index < -0.39 is 0 Å². The third-order valence-electron chi connectivity index (χ3n) is 3.15. The number of amides is 1. The maximum absolute atomic E-state index is 12.0. The molecule has 0 aliphatic rings. The lowest BCUT2D eigenvalue weighted by Crippen LogP contribution is -2.21. The van der Waals surface area contributed by atoms with E-state index in [-0.39, 0.29) is 12.5 Å². The average molecular weight is 378 g/mol. The molecular formula is C17H16BrNO4. The molecule has 120 valence electrons. The monoisotopic (exact) mass is 377 g/mol. The molecule has 0 radical (unpaired) electrons. The summed E-state index contributed by atoms with van der Waals surface area (Å²) in [7, 11) is 1.47. The highest BCUT2D eigenvalue weighted by atomic mass is 79.9. The topological polar surface area (TPSA) is 64.6 Å². The predicted molar refractivity (Wildman–Crippen MR) is 91.4 cm³/mol. The van der Waals surface area contributed by atoms with Gasteiger partial charge in [0, 0.05) is 11.3 Å². The van der Waals surface area contributed by atoms with Gasteiger partial charge in [-0.2, -0.15) is 0 Å². The zero-order chi connectivity index (χ0) is 16.8. The molecule has 0 heterocycles. The Balaban J connectivity index is 2.07. The van der Waals surface area contributed by atoms with Crippen LogP contribution in [0, 0.1) is 6.92 Å². The number of aldehydes is 1. The van der Waals surface area contributed by atoms with E-state index in [0.29, 0.717) is 27.8 Å². The van der Waals surface area contributed by atoms with Gasteiger partial charge in [-0.05, 0) is 46.6 Å². The van der Waals surface area contributed by atoms with Gasteiger partial charge in [-0.3, -0.25) is 9.59 Å². The molecule has 2 aromatic carbocycles. The second-order valence-electron chi connectivity index (χ2n) is 4.80. The molecular weight excluding hydrogens is 362 g/mol. The number of rotatable bonds is 6. The summed E-state index contributed by atoms with van der Waals surface area (Å²) in [6.45, 7) is 1.73. The summed E-state index contributed by atoms with van der Waals surface area (Å²) in [5.74, 6) is 0.468. The van der Waals surface area contributed by atoms with Crippen LogP contribution in [0.5, 0.6) is 11.5 Å². The molecule has 0 aliphatic carbocycles. The highest BCUT2D eigenvalue weighted by molar-refractivity contribution is 9.10. The number of carbonyl (C=O) groups is 2. The number of carbonyl (C=O) groups excluding carboxylic acids is 2. The van der Waals surface area contributed by atoms with Gasteiger partial charge in [0.15, 0.2) is 18.1 Å². The lowest BCUT2D eigenvalue weighted by molar-refractivity contribution is -0.118. The summed E-state index contributed by atoms with van der Waals surface area (Å²) >= 11 is 3.31. The molecule has 0 saturated carbocycles. The minimum absolute atomic E-state index is 0.177. The maximum atomic E-state index is 12.0. The van der Waals surface area contributed by atoms with Gasteiger partial charge in [0.25, 0.3) is 5.91 Å². The third-order valence-corrected chi connectivity index (χ3v) is 3.74. The van der Waals surface area contributed by atoms with Gasteiger partial charge < -0.3 is 14.8 Å². The molecule has 23 heavy (non-hydrogen) atoms. The molecule has 0 atom stereocenters. The van der Waals surface area contributed by atoms with E-state index in [2.05, 4.69) is 21.2 Å². The molecule has 0 unspecified atom stereocenters. The maximum Gasteiger partial charge on any atom is 0.262 e. The van der Waals surface area contributed by atoms with Gasteiger partial charge in [-0.25, -0.2) is 0 Å². The lowest BCUT2D eigenvalue weighted by atomic mass is 10.2. The SMILES string of the molecule is COc1cc(C=O)cc(Br)c1OCC(=O)Nc1ccccc1C. The van der Waals surface area contributed by atoms with Crippen molar-refractivity contribution in [2.24, 2.45) is 0 Å². The minimum Gasteiger partial charge on any atom is -0.493 e. The van der Waals surface area contributed by atoms with Crippen LogP contribution >= 0.6 is 15.9 Å². The Morgan fingerprint density at radius 2 is 2.04 bits per heavy atom. The van der Waals surface area contributed by atoms with E-state index in [1.807, 2.05) is 31.2 Å². The zero-order valence-corrected chi connectivity index (χ0v) is 14.3. The number of aryl methyl sites for hydroxylation is 1. The summed E-state index contributed by atoms with van der Waals surface area (Å²) in [6.07, 6.45) is 0.710. The molecule has 0 bridgehead atoms. The average Bonchev–Trinajstić information content (AvgIpc) is 2.55. The molecule has 2 aromatic rings. The zero-order valence-electron chi connectivity index (χ0n) is 12.8. The van der Waals surface area contributed by atoms with E-state index in [9.17, 15) is 9.59 Å². The van der Waals surface area contributed by atoms with Gasteiger partial charge in [0.05, 0.1) is 11.6 Å². The first-order valence-corrected chi connectivity index (χ1v) is 7.65. The normalized spacial score (nSPS) is 10.0. The van der Waals surface area contributed by atoms with Crippen molar-refractivity contribution in [1.82, 2.24) is 0 Å². The number of halogens is 1. The van der Waals surface area contributed by atoms with Crippen molar-refractivity contribution in [2.75, 3.05) is 19.0 Å². The fourth-order valence-corrected chi connectivity index (χ4v) is 2.56. The Morgan fingerprint density at radius 1 is 1.30 bits per heavy atom. The predicted octanol–water partition coefficient (Wildman–Crippen LogP) is 3.60. The van der Waals surface area contributed by atoms with Crippen molar-refractivity contribution in [3.8, 4) is 11.5 Å². The van der Waals surface area contributed by atoms with Gasteiger partial charge in [0.1, 0.15) is 6.29 Å². The summed E-state index contributed by atoms with van der Waals surface area (Å²) in [6, 6.07) is 10.6. The Kier molecular flexibility index (Phi) is 5.76. The molecule has 0 fully saturated rings. The number of hydrogen-bond acceptors (Lipinski definition) is 4. The summed E-state index contributed by atoms with van der Waals surface area (Å²) in [5, 5.41) is 2.78. The first kappa shape index (κ1) is 17.0. The first-order chi connectivity index (χ1) is 11.0. The first-order valence-electron chi connectivity index (χ1n) is 6.86. The van der Waals surface area contributed by atoms with Gasteiger partial charge in [-0.1, -0.05) is 18.2 Å². The number of benzene rings is 2. The van der Waals surface area contributed by atoms with E-state index in [0.717, 1.165) is 11.3 Å². The molecule has 0 aliphatic heterocycles. The van der Waals surface area contributed by atoms with Crippen molar-refractivity contribution in [1.29, 1.82) is 0 Å². The second kappa shape index (κ2) is 7.78. The number of nitrogens with one attached hydrogen (secondary N) is 1. The van der Waals surface area contributed by atoms with Crippen molar-refractivity contribution in [3.05, 3.63) is 52.0 Å². The highest BCUT2D eigenvalue weighted by Gasteiger charge is 2.13. The quantitative estimate of drug-likeness (QED) is 0.781. The lowest BCUT2D eigenvalue weighted by Gasteiger charge is -2.13. The Labute approximate surface area is 142 Å². The van der Waals surface area contributed by atoms with Gasteiger partial charge in [0.2, 0.25) is 0 Å². The second-order valence-corrected chi connectivity index (χ2v) is 5.66. The number of methoxy groups -OCH3 is 1. The fourth-order valence-electron chi connectivity index (χ4n) is 1.99. The van der Waals surface area contributed by atoms with E-state index in [1.165, 1.54) is 7.11 Å². The standard InChI is InChI=1S/C17H16BrNO4/c1-11-5-3-4-6-14(11)19-16(21)10-23-17-13(18)7-12(9-20)8-15(17)22-2/h3-9H,10H2,1-2H3,(H,19,21). The van der Waals surface area contributed by atoms with Crippen LogP contribution in [0.15, 0.2) is 40.9 Å². The molecule has 1 N–H and O–H groups in total. The summed E-state index contributed by atoms with van der Waals surface area (Å²) in [5.41, 5.74) is 2.16. The van der Waals surface area contributed by atoms with Crippen LogP contribution in [0.3, 0.4) is 0 Å². The number of ether oxygens (including phenoxy) is 2. The largest absolute Gasteiger partial charge is 0.493 e. The van der Waals surface area contributed by atoms with E-state index in [4.69, 9.17) is 9.47 Å². The van der Waals surface area contributed by atoms with Gasteiger partial charge in [-0.15, -0.1) is 0 Å². The Bertz CT molecular complexity index is 731. The van der Waals surface area contributed by atoms with Crippen LogP contribution in [0.4, 0.5) is 5.69 Å². The van der Waals surface area contributed by atoms with Crippen LogP contribution in [0.1, 0.15) is 15.9 Å². The molecule has 0 spiro atoms. The molecule has 0 saturated heterocycles. The van der Waals surface area contributed by atoms with Crippen molar-refractivity contribution in [3.63, 3.8) is 0 Å². The molecule has 2 rings (SSSR count). The summed E-state index contributed by atoms with van der Waals surface area (Å²) < 4.78 is 11.3. The van der Waals surface area contributed by atoms with Crippen molar-refractivity contribution >= 4 is 33.8 Å². The van der Waals surface area contributed by atoms with Crippen molar-refractivity contribution in [2.45, 2.75) is 6.92 Å². The Morgan fingerprint density at radius 3 is 2.70 bits per heavy atom. The summed E-state index contributed by atoms with van der Waals surface area (Å²) in [4.78, 5) is 22.9. The van der Waals surface area contributed by atoms with E-state index in [1.54, 1.807) is 12.1 Å². The van der Waals surface area contributed by atoms with Crippen LogP contribution in [-0.2, 0) is 4.79 Å². The van der Waals surface area contributed by atoms with Crippen LogP contribution in [0.2, 0.25) is 0 Å². The minimum atomic E-state index is -0.285. The number of anilines is 1. The fraction of sp³-hybridized carbons (Fsp3) is 0.176. The Hall–Kier alpha value is -2.34. The number of para-hydroxylation sites is 1. The van der Waals surface area contributed by atoms with Crippen LogP contribution < -0.4 is 14.8 Å². The highest BCUT2D eigenvalue weighted by Crippen LogP contribution is 2.36. The molecule has 1 amide bonds. The van der Waals surface area contributed by atoms with Crippen molar-refractivity contribution < 1.29 is 19.1 Å². The van der Waals surface area contributed by atoms with Crippen LogP contribution in [-0.4, -0.2) is 25.9 Å². The third kappa shape index (κ3) is 4.32. The molecule has 6 heteroatoms. The van der Waals surface area contributed by atoms with Crippen LogP contribution in [0.25, 0.3) is 0 Å².